The fourth-order valence-corrected chi connectivity index (χ4v) is 2.54. The number of likely N-dealkylation sites (tertiary alicyclic amines) is 1. The summed E-state index contributed by atoms with van der Waals surface area (Å²) in [6.45, 7) is 1.30. The Morgan fingerprint density at radius 2 is 1.78 bits per heavy atom. The molecule has 2 saturated heterocycles. The molecule has 2 heterocycles. The molecule has 2 fully saturated rings. The number of nitrogens with zero attached hydrogens (tertiary/aromatic N) is 1. The van der Waals surface area contributed by atoms with Crippen molar-refractivity contribution >= 4 is 18.3 Å². The van der Waals surface area contributed by atoms with Gasteiger partial charge in [0.15, 0.2) is 0 Å². The molecule has 0 aromatic carbocycles. The summed E-state index contributed by atoms with van der Waals surface area (Å²) in [5.41, 5.74) is 0. The number of piperidine rings is 1. The lowest BCUT2D eigenvalue weighted by atomic mass is 9.96. The van der Waals surface area contributed by atoms with Crippen LogP contribution >= 0.6 is 12.4 Å². The van der Waals surface area contributed by atoms with E-state index in [1.54, 1.807) is 4.90 Å². The summed E-state index contributed by atoms with van der Waals surface area (Å²) >= 11 is 0. The van der Waals surface area contributed by atoms with Gasteiger partial charge in [-0.3, -0.25) is 4.79 Å². The summed E-state index contributed by atoms with van der Waals surface area (Å²) in [7, 11) is 0. The highest BCUT2D eigenvalue weighted by Crippen LogP contribution is 2.34. The highest BCUT2D eigenvalue weighted by Gasteiger charge is 2.42. The molecule has 0 aromatic heterocycles. The van der Waals surface area contributed by atoms with Gasteiger partial charge in [0.05, 0.1) is 12.0 Å². The third-order valence-electron chi connectivity index (χ3n) is 3.63. The molecule has 1 amide bonds. The highest BCUT2D eigenvalue weighted by molar-refractivity contribution is 5.85. The third kappa shape index (κ3) is 3.51. The molecule has 0 saturated carbocycles. The van der Waals surface area contributed by atoms with Gasteiger partial charge in [0.25, 0.3) is 0 Å². The van der Waals surface area contributed by atoms with Gasteiger partial charge < -0.3 is 10.2 Å². The average molecular weight is 287 g/mol. The van der Waals surface area contributed by atoms with Crippen LogP contribution in [0.2, 0.25) is 0 Å². The number of amides is 1. The normalized spacial score (nSPS) is 25.9. The maximum atomic E-state index is 12.5. The molecule has 0 radical (unpaired) electrons. The number of carbonyl (C=O) groups is 1. The molecule has 0 bridgehead atoms. The van der Waals surface area contributed by atoms with E-state index in [1.807, 2.05) is 0 Å². The van der Waals surface area contributed by atoms with E-state index in [4.69, 9.17) is 0 Å². The molecular formula is C11H18ClF3N2O. The van der Waals surface area contributed by atoms with Crippen molar-refractivity contribution in [3.63, 3.8) is 0 Å². The molecule has 2 aliphatic heterocycles. The van der Waals surface area contributed by atoms with Crippen LogP contribution in [0.5, 0.6) is 0 Å². The third-order valence-corrected chi connectivity index (χ3v) is 3.63. The SMILES string of the molecule is Cl.O=C(C1CCCN1)N1CCC(C(F)(F)F)CC1. The second-order valence-electron chi connectivity index (χ2n) is 4.79. The first-order chi connectivity index (χ1) is 7.98. The van der Waals surface area contributed by atoms with Crippen molar-refractivity contribution in [2.24, 2.45) is 5.92 Å². The predicted octanol–water partition coefficient (Wildman–Crippen LogP) is 1.96. The highest BCUT2D eigenvalue weighted by atomic mass is 35.5. The Balaban J connectivity index is 0.00000162. The van der Waals surface area contributed by atoms with E-state index in [0.717, 1.165) is 19.4 Å². The van der Waals surface area contributed by atoms with Gasteiger partial charge in [-0.05, 0) is 32.2 Å². The smallest absolute Gasteiger partial charge is 0.341 e. The number of rotatable bonds is 1. The van der Waals surface area contributed by atoms with Gasteiger partial charge in [0.1, 0.15) is 0 Å². The van der Waals surface area contributed by atoms with Crippen LogP contribution in [0.1, 0.15) is 25.7 Å². The van der Waals surface area contributed by atoms with Crippen molar-refractivity contribution in [3.8, 4) is 0 Å². The average Bonchev–Trinajstić information content (AvgIpc) is 2.80. The number of carbonyl (C=O) groups excluding carboxylic acids is 1. The Kier molecular flexibility index (Phi) is 5.28. The van der Waals surface area contributed by atoms with Crippen molar-refractivity contribution in [1.82, 2.24) is 10.2 Å². The van der Waals surface area contributed by atoms with E-state index in [-0.39, 0.29) is 50.3 Å². The minimum absolute atomic E-state index is 0. The second kappa shape index (κ2) is 6.10. The first-order valence-electron chi connectivity index (χ1n) is 6.07. The van der Waals surface area contributed by atoms with E-state index >= 15 is 0 Å². The molecule has 1 unspecified atom stereocenters. The van der Waals surface area contributed by atoms with Gasteiger partial charge >= 0.3 is 6.18 Å². The monoisotopic (exact) mass is 286 g/mol. The first-order valence-corrected chi connectivity index (χ1v) is 6.07. The number of alkyl halides is 3. The zero-order chi connectivity index (χ0) is 12.5. The minimum Gasteiger partial charge on any atom is -0.341 e. The van der Waals surface area contributed by atoms with E-state index in [1.165, 1.54) is 0 Å². The number of hydrogen-bond donors (Lipinski definition) is 1. The van der Waals surface area contributed by atoms with Crippen LogP contribution in [0.25, 0.3) is 0 Å². The molecule has 18 heavy (non-hydrogen) atoms. The van der Waals surface area contributed by atoms with Gasteiger partial charge in [-0.15, -0.1) is 12.4 Å². The molecule has 7 heteroatoms. The van der Waals surface area contributed by atoms with Crippen molar-refractivity contribution in [2.45, 2.75) is 37.9 Å². The lowest BCUT2D eigenvalue weighted by Crippen LogP contribution is -2.48. The molecule has 106 valence electrons. The molecule has 0 aromatic rings. The van der Waals surface area contributed by atoms with Crippen LogP contribution in [-0.2, 0) is 4.79 Å². The zero-order valence-corrected chi connectivity index (χ0v) is 10.8. The Morgan fingerprint density at radius 3 is 2.22 bits per heavy atom. The van der Waals surface area contributed by atoms with Crippen LogP contribution in [0, 0.1) is 5.92 Å². The summed E-state index contributed by atoms with van der Waals surface area (Å²) in [5.74, 6) is -1.26. The number of hydrogen-bond acceptors (Lipinski definition) is 2. The standard InChI is InChI=1S/C11H17F3N2O.ClH/c12-11(13,14)8-3-6-16(7-4-8)10(17)9-2-1-5-15-9;/h8-9,15H,1-7H2;1H. The van der Waals surface area contributed by atoms with Crippen molar-refractivity contribution < 1.29 is 18.0 Å². The van der Waals surface area contributed by atoms with Crippen molar-refractivity contribution in [1.29, 1.82) is 0 Å². The first kappa shape index (κ1) is 15.6. The molecule has 3 nitrogen and oxygen atoms in total. The largest absolute Gasteiger partial charge is 0.391 e. The molecule has 0 aliphatic carbocycles. The van der Waals surface area contributed by atoms with Crippen LogP contribution in [0.4, 0.5) is 13.2 Å². The lowest BCUT2D eigenvalue weighted by molar-refractivity contribution is -0.186. The summed E-state index contributed by atoms with van der Waals surface area (Å²) in [5, 5.41) is 3.08. The second-order valence-corrected chi connectivity index (χ2v) is 4.79. The molecule has 1 N–H and O–H groups in total. The summed E-state index contributed by atoms with van der Waals surface area (Å²) < 4.78 is 37.4. The van der Waals surface area contributed by atoms with Crippen LogP contribution in [0.15, 0.2) is 0 Å². The van der Waals surface area contributed by atoms with E-state index in [0.29, 0.717) is 0 Å². The van der Waals surface area contributed by atoms with Gasteiger partial charge in [-0.1, -0.05) is 0 Å². The van der Waals surface area contributed by atoms with E-state index in [2.05, 4.69) is 5.32 Å². The Hall–Kier alpha value is -0.490. The van der Waals surface area contributed by atoms with Crippen LogP contribution in [-0.4, -0.2) is 42.7 Å². The van der Waals surface area contributed by atoms with Crippen molar-refractivity contribution in [3.05, 3.63) is 0 Å². The van der Waals surface area contributed by atoms with Gasteiger partial charge in [0.2, 0.25) is 5.91 Å². The van der Waals surface area contributed by atoms with Crippen molar-refractivity contribution in [2.75, 3.05) is 19.6 Å². The summed E-state index contributed by atoms with van der Waals surface area (Å²) in [4.78, 5) is 13.5. The molecular weight excluding hydrogens is 269 g/mol. The molecule has 2 aliphatic rings. The molecule has 2 rings (SSSR count). The molecule has 0 spiro atoms. The Labute approximate surface area is 110 Å². The lowest BCUT2D eigenvalue weighted by Gasteiger charge is -2.34. The van der Waals surface area contributed by atoms with Crippen LogP contribution < -0.4 is 5.32 Å². The minimum atomic E-state index is -4.11. The van der Waals surface area contributed by atoms with Gasteiger partial charge in [0, 0.05) is 13.1 Å². The van der Waals surface area contributed by atoms with Gasteiger partial charge in [-0.2, -0.15) is 13.2 Å². The maximum Gasteiger partial charge on any atom is 0.391 e. The summed E-state index contributed by atoms with van der Waals surface area (Å²) in [6.07, 6.45) is -2.25. The quantitative estimate of drug-likeness (QED) is 0.799. The number of halogens is 4. The Morgan fingerprint density at radius 1 is 1.17 bits per heavy atom. The molecule has 1 atom stereocenters. The fourth-order valence-electron chi connectivity index (χ4n) is 2.54. The van der Waals surface area contributed by atoms with E-state index < -0.39 is 12.1 Å². The van der Waals surface area contributed by atoms with Crippen LogP contribution in [0.3, 0.4) is 0 Å². The van der Waals surface area contributed by atoms with Gasteiger partial charge in [-0.25, -0.2) is 0 Å². The Bertz CT molecular complexity index is 285. The maximum absolute atomic E-state index is 12.5. The predicted molar refractivity (Wildman–Crippen MR) is 63.6 cm³/mol. The van der Waals surface area contributed by atoms with E-state index in [9.17, 15) is 18.0 Å². The zero-order valence-electron chi connectivity index (χ0n) is 10.0. The number of nitrogens with one attached hydrogen (secondary N) is 1. The fraction of sp³-hybridized carbons (Fsp3) is 0.909. The topological polar surface area (TPSA) is 32.3 Å². The summed E-state index contributed by atoms with van der Waals surface area (Å²) in [6, 6.07) is -0.169.